The van der Waals surface area contributed by atoms with Gasteiger partial charge in [-0.05, 0) is 90.8 Å². The van der Waals surface area contributed by atoms with Crippen LogP contribution in [0, 0.1) is 11.3 Å². The molecule has 5 amide bonds. The fourth-order valence-electron chi connectivity index (χ4n) is 9.67. The maximum atomic E-state index is 13.2. The average molecular weight is 789 g/mol. The van der Waals surface area contributed by atoms with Gasteiger partial charge in [-0.25, -0.2) is 0 Å². The first-order chi connectivity index (χ1) is 27.9. The molecule has 58 heavy (non-hydrogen) atoms. The summed E-state index contributed by atoms with van der Waals surface area (Å²) in [6.07, 6.45) is 9.17. The molecule has 0 radical (unpaired) electrons. The summed E-state index contributed by atoms with van der Waals surface area (Å²) in [5, 5.41) is 6.79. The summed E-state index contributed by atoms with van der Waals surface area (Å²) in [4.78, 5) is 83.3. The fraction of sp³-hybridized carbons (Fsp3) is 0.419. The molecule has 1 spiro atoms. The van der Waals surface area contributed by atoms with E-state index in [-0.39, 0.29) is 58.9 Å². The highest BCUT2D eigenvalue weighted by molar-refractivity contribution is 6.23. The number of hydrogen-bond acceptors (Lipinski definition) is 11. The Bertz CT molecular complexity index is 2440. The van der Waals surface area contributed by atoms with E-state index in [9.17, 15) is 28.8 Å². The Labute approximate surface area is 333 Å². The zero-order valence-electron chi connectivity index (χ0n) is 32.5. The third-order valence-electron chi connectivity index (χ3n) is 12.6. The predicted molar refractivity (Wildman–Crippen MR) is 209 cm³/mol. The second kappa shape index (κ2) is 14.4. The van der Waals surface area contributed by atoms with E-state index in [4.69, 9.17) is 14.2 Å². The van der Waals surface area contributed by atoms with E-state index in [0.29, 0.717) is 35.6 Å². The molecule has 4 aromatic rings. The molecule has 2 saturated heterocycles. The summed E-state index contributed by atoms with van der Waals surface area (Å²) < 4.78 is 19.5. The first-order valence-electron chi connectivity index (χ1n) is 19.6. The molecule has 2 aliphatic carbocycles. The number of fused-ring (bicyclic) bond motifs is 2. The van der Waals surface area contributed by atoms with E-state index in [1.165, 1.54) is 0 Å². The molecule has 0 bridgehead atoms. The van der Waals surface area contributed by atoms with Gasteiger partial charge in [-0.3, -0.25) is 48.9 Å². The van der Waals surface area contributed by atoms with E-state index in [0.717, 1.165) is 65.7 Å². The Morgan fingerprint density at radius 2 is 1.64 bits per heavy atom. The van der Waals surface area contributed by atoms with Gasteiger partial charge >= 0.3 is 0 Å². The number of carbonyl (C=O) groups is 5. The van der Waals surface area contributed by atoms with Crippen molar-refractivity contribution >= 4 is 40.3 Å². The van der Waals surface area contributed by atoms with Crippen LogP contribution in [0.3, 0.4) is 0 Å². The smallest absolute Gasteiger partial charge is 0.262 e. The number of methoxy groups -OCH3 is 2. The lowest BCUT2D eigenvalue weighted by Crippen LogP contribution is -2.59. The number of rotatable bonds is 11. The van der Waals surface area contributed by atoms with Crippen LogP contribution >= 0.6 is 0 Å². The van der Waals surface area contributed by atoms with E-state index in [1.54, 1.807) is 56.4 Å². The van der Waals surface area contributed by atoms with Crippen molar-refractivity contribution in [3.63, 3.8) is 0 Å². The Morgan fingerprint density at radius 1 is 0.914 bits per heavy atom. The van der Waals surface area contributed by atoms with E-state index in [2.05, 4.69) is 20.5 Å². The normalized spacial score (nSPS) is 24.2. The Kier molecular flexibility index (Phi) is 9.29. The van der Waals surface area contributed by atoms with Crippen LogP contribution in [-0.4, -0.2) is 94.4 Å². The minimum atomic E-state index is -1.01. The average Bonchev–Trinajstić information content (AvgIpc) is 3.41. The lowest BCUT2D eigenvalue weighted by molar-refractivity contribution is -0.136. The monoisotopic (exact) mass is 788 g/mol. The number of nitrogens with one attached hydrogen (secondary N) is 2. The standard InChI is InChI=1S/C43H44N6O9/c1-47-21-32(28-8-9-44-18-31(28)40(47)53)24-11-35(56-2)33(36(12-24)57-3)22-48-19-23(20-48)10-38(51)45-25-14-43(15-25)16-27(17-43)58-26-4-5-29-30(13-26)42(55)49(41(29)54)34-6-7-37(50)46-39(34)52/h4-5,8-9,11-13,18,21,23,25,27,34H,6-7,10,14-17,19-20,22H2,1-3H3,(H,45,51)(H,46,50,52). The van der Waals surface area contributed by atoms with Crippen molar-refractivity contribution in [1.29, 1.82) is 0 Å². The SMILES string of the molecule is COc1cc(-c2cn(C)c(=O)c3cnccc23)cc(OC)c1CN1CC(CC(=O)NC2CC3(C2)CC(Oc2ccc4c(c2)C(=O)N(C2CCC(=O)NC2=O)C4=O)C3)C1. The number of likely N-dealkylation sites (tertiary alicyclic amines) is 1. The molecule has 3 aliphatic heterocycles. The first-order valence-corrected chi connectivity index (χ1v) is 19.6. The van der Waals surface area contributed by atoms with Gasteiger partial charge in [0.15, 0.2) is 0 Å². The molecule has 9 rings (SSSR count). The maximum absolute atomic E-state index is 13.2. The molecule has 2 saturated carbocycles. The Morgan fingerprint density at radius 3 is 2.34 bits per heavy atom. The number of amides is 5. The highest BCUT2D eigenvalue weighted by Crippen LogP contribution is 2.57. The van der Waals surface area contributed by atoms with Gasteiger partial charge in [0.2, 0.25) is 17.7 Å². The third-order valence-corrected chi connectivity index (χ3v) is 12.6. The first kappa shape index (κ1) is 37.5. The van der Waals surface area contributed by atoms with Crippen LogP contribution in [0.25, 0.3) is 21.9 Å². The number of nitrogens with zero attached hydrogens (tertiary/aromatic N) is 4. The van der Waals surface area contributed by atoms with Crippen LogP contribution in [-0.2, 0) is 28.0 Å². The lowest BCUT2D eigenvalue weighted by Gasteiger charge is -2.57. The molecule has 15 heteroatoms. The van der Waals surface area contributed by atoms with Crippen molar-refractivity contribution in [1.82, 2.24) is 30.0 Å². The van der Waals surface area contributed by atoms with Crippen molar-refractivity contribution in [3.8, 4) is 28.4 Å². The molecule has 4 fully saturated rings. The van der Waals surface area contributed by atoms with Gasteiger partial charge in [0.25, 0.3) is 17.4 Å². The molecule has 2 aromatic carbocycles. The van der Waals surface area contributed by atoms with Crippen molar-refractivity contribution in [3.05, 3.63) is 82.0 Å². The van der Waals surface area contributed by atoms with Gasteiger partial charge in [-0.2, -0.15) is 0 Å². The van der Waals surface area contributed by atoms with Crippen LogP contribution in [0.4, 0.5) is 0 Å². The van der Waals surface area contributed by atoms with Gasteiger partial charge in [0.05, 0.1) is 42.4 Å². The molecular formula is C43H44N6O9. The number of carbonyl (C=O) groups excluding carboxylic acids is 5. The number of aromatic nitrogens is 2. The zero-order chi connectivity index (χ0) is 40.5. The summed E-state index contributed by atoms with van der Waals surface area (Å²) in [6, 6.07) is 9.72. The zero-order valence-corrected chi connectivity index (χ0v) is 32.5. The molecule has 5 heterocycles. The number of hydrogen-bond donors (Lipinski definition) is 2. The number of pyridine rings is 2. The number of aryl methyl sites for hydroxylation is 1. The summed E-state index contributed by atoms with van der Waals surface area (Å²) >= 11 is 0. The summed E-state index contributed by atoms with van der Waals surface area (Å²) in [5.41, 5.74) is 3.10. The minimum Gasteiger partial charge on any atom is -0.496 e. The molecule has 15 nitrogen and oxygen atoms in total. The Balaban J connectivity index is 0.735. The molecular weight excluding hydrogens is 745 g/mol. The molecule has 1 atom stereocenters. The second-order valence-electron chi connectivity index (χ2n) is 16.5. The van der Waals surface area contributed by atoms with Crippen LogP contribution < -0.4 is 30.4 Å². The molecule has 5 aliphatic rings. The largest absolute Gasteiger partial charge is 0.496 e. The van der Waals surface area contributed by atoms with Gasteiger partial charge < -0.3 is 24.1 Å². The van der Waals surface area contributed by atoms with E-state index < -0.39 is 29.7 Å². The van der Waals surface area contributed by atoms with Crippen molar-refractivity contribution in [2.24, 2.45) is 18.4 Å². The number of piperidine rings is 1. The van der Waals surface area contributed by atoms with E-state index in [1.807, 2.05) is 24.4 Å². The molecule has 1 unspecified atom stereocenters. The third kappa shape index (κ3) is 6.56. The van der Waals surface area contributed by atoms with Crippen molar-refractivity contribution in [2.75, 3.05) is 27.3 Å². The van der Waals surface area contributed by atoms with Gasteiger partial charge in [0.1, 0.15) is 23.3 Å². The number of imide groups is 2. The number of benzene rings is 2. The van der Waals surface area contributed by atoms with Gasteiger partial charge in [-0.1, -0.05) is 0 Å². The maximum Gasteiger partial charge on any atom is 0.262 e. The lowest BCUT2D eigenvalue weighted by atomic mass is 9.53. The second-order valence-corrected chi connectivity index (χ2v) is 16.5. The minimum absolute atomic E-state index is 0.0337. The predicted octanol–water partition coefficient (Wildman–Crippen LogP) is 3.35. The summed E-state index contributed by atoms with van der Waals surface area (Å²) in [6.45, 7) is 2.17. The number of ether oxygens (including phenoxy) is 3. The highest BCUT2D eigenvalue weighted by atomic mass is 16.5. The summed E-state index contributed by atoms with van der Waals surface area (Å²) in [7, 11) is 5.00. The van der Waals surface area contributed by atoms with Gasteiger partial charge in [0, 0.05) is 69.7 Å². The quantitative estimate of drug-likeness (QED) is 0.213. The van der Waals surface area contributed by atoms with Crippen LogP contribution in [0.1, 0.15) is 71.2 Å². The van der Waals surface area contributed by atoms with Crippen molar-refractivity contribution in [2.45, 2.75) is 69.7 Å². The highest BCUT2D eigenvalue weighted by Gasteiger charge is 2.54. The van der Waals surface area contributed by atoms with Crippen LogP contribution in [0.5, 0.6) is 17.2 Å². The fourth-order valence-corrected chi connectivity index (χ4v) is 9.67. The van der Waals surface area contributed by atoms with Crippen LogP contribution in [0.15, 0.2) is 59.8 Å². The van der Waals surface area contributed by atoms with Crippen LogP contribution in [0.2, 0.25) is 0 Å². The topological polar surface area (TPSA) is 178 Å². The molecule has 2 N–H and O–H groups in total. The summed E-state index contributed by atoms with van der Waals surface area (Å²) in [5.74, 6) is 0.0247. The Hall–Kier alpha value is -6.09. The molecule has 300 valence electrons. The van der Waals surface area contributed by atoms with Crippen molar-refractivity contribution < 1.29 is 38.2 Å². The van der Waals surface area contributed by atoms with E-state index >= 15 is 0 Å². The van der Waals surface area contributed by atoms with Gasteiger partial charge in [-0.15, -0.1) is 0 Å². The molecule has 2 aromatic heterocycles.